The van der Waals surface area contributed by atoms with Crippen LogP contribution in [0, 0.1) is 17.2 Å². The van der Waals surface area contributed by atoms with Gasteiger partial charge in [0.1, 0.15) is 0 Å². The highest BCUT2D eigenvalue weighted by atomic mass is 35.5. The number of rotatable bonds is 5. The Morgan fingerprint density at radius 2 is 2.07 bits per heavy atom. The standard InChI is InChI=1S/C22H22ClN5O/c1-12(2)25-16-8-15(9-16)22(29)26-21-18-10-14(4-6-20(18)27-28-21)17-7-13(11-24)3-5-19(17)23/h3-7,10,12,15-16,25H,8-9H2,1-2H3,(H2,26,27,28,29). The third kappa shape index (κ3) is 3.98. The number of H-pyrrole nitrogens is 1. The number of aromatic nitrogens is 2. The second-order valence-corrected chi connectivity index (χ2v) is 8.22. The number of carbonyl (C=O) groups excluding carboxylic acids is 1. The fraction of sp³-hybridized carbons (Fsp3) is 0.318. The third-order valence-electron chi connectivity index (χ3n) is 5.29. The molecule has 0 unspecified atom stereocenters. The number of hydrogen-bond donors (Lipinski definition) is 3. The lowest BCUT2D eigenvalue weighted by atomic mass is 9.79. The molecular formula is C22H22ClN5O. The molecule has 1 amide bonds. The van der Waals surface area contributed by atoms with Crippen molar-refractivity contribution >= 4 is 34.2 Å². The van der Waals surface area contributed by atoms with E-state index in [0.29, 0.717) is 28.5 Å². The maximum absolute atomic E-state index is 12.6. The zero-order chi connectivity index (χ0) is 20.5. The normalized spacial score (nSPS) is 18.4. The number of amides is 1. The van der Waals surface area contributed by atoms with Gasteiger partial charge in [0, 0.05) is 34.0 Å². The number of anilines is 1. The molecule has 0 bridgehead atoms. The van der Waals surface area contributed by atoms with Crippen molar-refractivity contribution in [3.8, 4) is 17.2 Å². The zero-order valence-corrected chi connectivity index (χ0v) is 17.0. The fourth-order valence-electron chi connectivity index (χ4n) is 3.75. The van der Waals surface area contributed by atoms with Crippen molar-refractivity contribution in [2.45, 2.75) is 38.8 Å². The second-order valence-electron chi connectivity index (χ2n) is 7.81. The van der Waals surface area contributed by atoms with Crippen LogP contribution in [0.1, 0.15) is 32.3 Å². The van der Waals surface area contributed by atoms with E-state index in [9.17, 15) is 4.79 Å². The number of halogens is 1. The highest BCUT2D eigenvalue weighted by molar-refractivity contribution is 6.33. The van der Waals surface area contributed by atoms with Crippen LogP contribution in [0.5, 0.6) is 0 Å². The first-order valence-corrected chi connectivity index (χ1v) is 10.1. The van der Waals surface area contributed by atoms with E-state index >= 15 is 0 Å². The van der Waals surface area contributed by atoms with Crippen LogP contribution in [-0.2, 0) is 4.79 Å². The van der Waals surface area contributed by atoms with E-state index in [1.54, 1.807) is 18.2 Å². The highest BCUT2D eigenvalue weighted by Crippen LogP contribution is 2.34. The van der Waals surface area contributed by atoms with Gasteiger partial charge in [-0.15, -0.1) is 0 Å². The predicted molar refractivity (Wildman–Crippen MR) is 115 cm³/mol. The molecule has 6 nitrogen and oxygen atoms in total. The van der Waals surface area contributed by atoms with Crippen molar-refractivity contribution in [1.82, 2.24) is 15.5 Å². The van der Waals surface area contributed by atoms with Gasteiger partial charge in [0.05, 0.1) is 17.1 Å². The minimum absolute atomic E-state index is 0.00272. The Labute approximate surface area is 174 Å². The third-order valence-corrected chi connectivity index (χ3v) is 5.62. The van der Waals surface area contributed by atoms with Crippen molar-refractivity contribution in [3.63, 3.8) is 0 Å². The average molecular weight is 408 g/mol. The molecule has 1 aliphatic rings. The minimum atomic E-state index is -0.00452. The molecule has 0 spiro atoms. The van der Waals surface area contributed by atoms with Crippen LogP contribution >= 0.6 is 11.6 Å². The number of nitrogens with zero attached hydrogens (tertiary/aromatic N) is 2. The lowest BCUT2D eigenvalue weighted by molar-refractivity contribution is -0.123. The largest absolute Gasteiger partial charge is 0.312 e. The lowest BCUT2D eigenvalue weighted by Crippen LogP contribution is -2.48. The summed E-state index contributed by atoms with van der Waals surface area (Å²) in [6.45, 7) is 4.22. The Balaban J connectivity index is 1.56. The Bertz CT molecular complexity index is 1110. The second kappa shape index (κ2) is 7.86. The first kappa shape index (κ1) is 19.4. The van der Waals surface area contributed by atoms with E-state index in [4.69, 9.17) is 16.9 Å². The number of aromatic amines is 1. The molecule has 1 aromatic heterocycles. The van der Waals surface area contributed by atoms with Crippen LogP contribution < -0.4 is 10.6 Å². The van der Waals surface area contributed by atoms with Gasteiger partial charge in [0.15, 0.2) is 5.82 Å². The highest BCUT2D eigenvalue weighted by Gasteiger charge is 2.34. The van der Waals surface area contributed by atoms with Crippen LogP contribution in [0.25, 0.3) is 22.0 Å². The summed E-state index contributed by atoms with van der Waals surface area (Å²) >= 11 is 6.35. The molecule has 7 heteroatoms. The Hall–Kier alpha value is -2.88. The minimum Gasteiger partial charge on any atom is -0.312 e. The van der Waals surface area contributed by atoms with E-state index < -0.39 is 0 Å². The van der Waals surface area contributed by atoms with Crippen LogP contribution in [0.4, 0.5) is 5.82 Å². The summed E-state index contributed by atoms with van der Waals surface area (Å²) in [5.41, 5.74) is 3.00. The topological polar surface area (TPSA) is 93.6 Å². The molecule has 0 atom stereocenters. The van der Waals surface area contributed by atoms with E-state index in [0.717, 1.165) is 34.9 Å². The SMILES string of the molecule is CC(C)NC1CC(C(=O)Nc2n[nH]c3ccc(-c4cc(C#N)ccc4Cl)cc23)C1. The maximum Gasteiger partial charge on any atom is 0.228 e. The van der Waals surface area contributed by atoms with Gasteiger partial charge in [0.2, 0.25) is 5.91 Å². The van der Waals surface area contributed by atoms with E-state index in [-0.39, 0.29) is 11.8 Å². The number of benzene rings is 2. The maximum atomic E-state index is 12.6. The fourth-order valence-corrected chi connectivity index (χ4v) is 3.98. The van der Waals surface area contributed by atoms with Crippen LogP contribution in [0.15, 0.2) is 36.4 Å². The van der Waals surface area contributed by atoms with E-state index in [1.807, 2.05) is 18.2 Å². The molecule has 3 aromatic rings. The molecule has 148 valence electrons. The molecule has 2 aromatic carbocycles. The van der Waals surface area contributed by atoms with Gasteiger partial charge in [-0.25, -0.2) is 0 Å². The van der Waals surface area contributed by atoms with Gasteiger partial charge >= 0.3 is 0 Å². The summed E-state index contributed by atoms with van der Waals surface area (Å²) < 4.78 is 0. The predicted octanol–water partition coefficient (Wildman–Crippen LogP) is 4.47. The molecule has 1 fully saturated rings. The number of nitriles is 1. The van der Waals surface area contributed by atoms with Crippen molar-refractivity contribution < 1.29 is 4.79 Å². The van der Waals surface area contributed by atoms with E-state index in [2.05, 4.69) is 40.7 Å². The summed E-state index contributed by atoms with van der Waals surface area (Å²) in [5, 5.41) is 24.2. The van der Waals surface area contributed by atoms with Crippen molar-refractivity contribution in [2.24, 2.45) is 5.92 Å². The van der Waals surface area contributed by atoms with Gasteiger partial charge in [-0.1, -0.05) is 31.5 Å². The van der Waals surface area contributed by atoms with Crippen LogP contribution in [0.3, 0.4) is 0 Å². The quantitative estimate of drug-likeness (QED) is 0.581. The smallest absolute Gasteiger partial charge is 0.228 e. The summed E-state index contributed by atoms with van der Waals surface area (Å²) in [7, 11) is 0. The van der Waals surface area contributed by atoms with Gasteiger partial charge in [-0.2, -0.15) is 10.4 Å². The molecule has 0 saturated heterocycles. The van der Waals surface area contributed by atoms with Crippen LogP contribution in [-0.4, -0.2) is 28.2 Å². The van der Waals surface area contributed by atoms with Crippen molar-refractivity contribution in [1.29, 1.82) is 5.26 Å². The number of hydrogen-bond acceptors (Lipinski definition) is 4. The monoisotopic (exact) mass is 407 g/mol. The first-order valence-electron chi connectivity index (χ1n) is 9.69. The number of carbonyl (C=O) groups is 1. The molecule has 0 aliphatic heterocycles. The number of nitrogens with one attached hydrogen (secondary N) is 3. The Kier molecular flexibility index (Phi) is 5.27. The molecule has 1 saturated carbocycles. The summed E-state index contributed by atoms with van der Waals surface area (Å²) in [4.78, 5) is 12.6. The molecular weight excluding hydrogens is 386 g/mol. The zero-order valence-electron chi connectivity index (χ0n) is 16.3. The summed E-state index contributed by atoms with van der Waals surface area (Å²) in [5.74, 6) is 0.512. The van der Waals surface area contributed by atoms with Gasteiger partial charge in [0.25, 0.3) is 0 Å². The molecule has 0 radical (unpaired) electrons. The van der Waals surface area contributed by atoms with Gasteiger partial charge in [-0.05, 0) is 48.7 Å². The van der Waals surface area contributed by atoms with Gasteiger partial charge in [-0.3, -0.25) is 9.89 Å². The Morgan fingerprint density at radius 1 is 1.28 bits per heavy atom. The number of fused-ring (bicyclic) bond motifs is 1. The molecule has 29 heavy (non-hydrogen) atoms. The molecule has 3 N–H and O–H groups in total. The summed E-state index contributed by atoms with van der Waals surface area (Å²) in [6, 6.07) is 13.9. The average Bonchev–Trinajstić information content (AvgIpc) is 3.06. The molecule has 1 aliphatic carbocycles. The first-order chi connectivity index (χ1) is 13.9. The lowest BCUT2D eigenvalue weighted by Gasteiger charge is -2.36. The van der Waals surface area contributed by atoms with Crippen molar-refractivity contribution in [2.75, 3.05) is 5.32 Å². The Morgan fingerprint density at radius 3 is 2.79 bits per heavy atom. The summed E-state index contributed by atoms with van der Waals surface area (Å²) in [6.07, 6.45) is 1.68. The van der Waals surface area contributed by atoms with Gasteiger partial charge < -0.3 is 10.6 Å². The van der Waals surface area contributed by atoms with Crippen molar-refractivity contribution in [3.05, 3.63) is 47.0 Å². The molecule has 1 heterocycles. The van der Waals surface area contributed by atoms with Crippen LogP contribution in [0.2, 0.25) is 5.02 Å². The van der Waals surface area contributed by atoms with E-state index in [1.165, 1.54) is 0 Å². The molecule has 4 rings (SSSR count).